The Balaban J connectivity index is 1.23. The van der Waals surface area contributed by atoms with Crippen LogP contribution in [0, 0.1) is 0 Å². The second-order valence-corrected chi connectivity index (χ2v) is 14.3. The van der Waals surface area contributed by atoms with E-state index in [-0.39, 0.29) is 35.6 Å². The second-order valence-electron chi connectivity index (χ2n) is 14.3. The molecule has 9 nitrogen and oxygen atoms in total. The minimum Gasteiger partial charge on any atom is -0.444 e. The number of nitrogens with zero attached hydrogens (tertiary/aromatic N) is 4. The van der Waals surface area contributed by atoms with Gasteiger partial charge in [0.15, 0.2) is 5.82 Å². The summed E-state index contributed by atoms with van der Waals surface area (Å²) < 4.78 is 17.2. The van der Waals surface area contributed by atoms with E-state index in [4.69, 9.17) is 19.0 Å². The van der Waals surface area contributed by atoms with Gasteiger partial charge in [-0.2, -0.15) is 4.98 Å². The number of hydrogen-bond acceptors (Lipinski definition) is 7. The number of hydrogen-bond donors (Lipinski definition) is 0. The highest BCUT2D eigenvalue weighted by Crippen LogP contribution is 2.52. The molecule has 0 spiro atoms. The maximum atomic E-state index is 13.4. The number of aromatic nitrogens is 2. The Hall–Kier alpha value is -3.10. The molecule has 3 fully saturated rings. The zero-order chi connectivity index (χ0) is 29.6. The Morgan fingerprint density at radius 1 is 0.951 bits per heavy atom. The van der Waals surface area contributed by atoms with Gasteiger partial charge >= 0.3 is 12.2 Å². The lowest BCUT2D eigenvalue weighted by Gasteiger charge is -2.34. The standard InChI is InChI=1S/C32H46N4O5/c1-30(2,3)39-28(37)35(7)23-15-13-22(14-16-23)26-33-27(34-41-26)32(17-18-32)20-36(29(38)40-31(4,5)6)25-19-24(25)21-11-9-8-10-12-21/h8-12,22-25H,13-20H2,1-7H3/t22-,23-,24-,25+/m0/s1. The minimum absolute atomic E-state index is 0.105. The van der Waals surface area contributed by atoms with E-state index in [0.29, 0.717) is 24.2 Å². The summed E-state index contributed by atoms with van der Waals surface area (Å²) in [6.07, 6.45) is 5.67. The number of ether oxygens (including phenoxy) is 2. The van der Waals surface area contributed by atoms with Crippen molar-refractivity contribution >= 4 is 12.2 Å². The Kier molecular flexibility index (Phi) is 7.85. The highest BCUT2D eigenvalue weighted by molar-refractivity contribution is 5.70. The van der Waals surface area contributed by atoms with Crippen LogP contribution in [0.5, 0.6) is 0 Å². The summed E-state index contributed by atoms with van der Waals surface area (Å²) in [6, 6.07) is 10.6. The van der Waals surface area contributed by atoms with E-state index >= 15 is 0 Å². The van der Waals surface area contributed by atoms with Crippen LogP contribution in [0.25, 0.3) is 0 Å². The molecule has 0 N–H and O–H groups in total. The molecule has 41 heavy (non-hydrogen) atoms. The number of benzene rings is 1. The van der Waals surface area contributed by atoms with Gasteiger partial charge in [0.25, 0.3) is 0 Å². The summed E-state index contributed by atoms with van der Waals surface area (Å²) >= 11 is 0. The van der Waals surface area contributed by atoms with E-state index in [1.165, 1.54) is 5.56 Å². The van der Waals surface area contributed by atoms with E-state index in [9.17, 15) is 9.59 Å². The van der Waals surface area contributed by atoms with E-state index in [0.717, 1.165) is 44.9 Å². The Morgan fingerprint density at radius 3 is 2.15 bits per heavy atom. The van der Waals surface area contributed by atoms with E-state index in [1.54, 1.807) is 4.90 Å². The van der Waals surface area contributed by atoms with Crippen LogP contribution in [0.15, 0.2) is 34.9 Å². The van der Waals surface area contributed by atoms with Crippen LogP contribution in [0.2, 0.25) is 0 Å². The zero-order valence-electron chi connectivity index (χ0n) is 25.7. The molecule has 9 heteroatoms. The molecular weight excluding hydrogens is 520 g/mol. The molecule has 2 atom stereocenters. The third-order valence-electron chi connectivity index (χ3n) is 8.53. The summed E-state index contributed by atoms with van der Waals surface area (Å²) in [5, 5.41) is 4.44. The van der Waals surface area contributed by atoms with Crippen molar-refractivity contribution in [3.63, 3.8) is 0 Å². The molecule has 2 amide bonds. The van der Waals surface area contributed by atoms with Gasteiger partial charge in [-0.3, -0.25) is 0 Å². The number of carbonyl (C=O) groups excluding carboxylic acids is 2. The first-order valence-electron chi connectivity index (χ1n) is 15.1. The molecule has 3 aliphatic carbocycles. The quantitative estimate of drug-likeness (QED) is 0.364. The first-order chi connectivity index (χ1) is 19.2. The normalized spacial score (nSPS) is 25.2. The molecular formula is C32H46N4O5. The van der Waals surface area contributed by atoms with Crippen molar-refractivity contribution in [2.24, 2.45) is 0 Å². The highest BCUT2D eigenvalue weighted by atomic mass is 16.6. The molecule has 0 saturated heterocycles. The van der Waals surface area contributed by atoms with Crippen LogP contribution in [-0.2, 0) is 14.9 Å². The fourth-order valence-corrected chi connectivity index (χ4v) is 5.96. The average molecular weight is 567 g/mol. The average Bonchev–Trinajstić information content (AvgIpc) is 3.82. The molecule has 1 aromatic heterocycles. The van der Waals surface area contributed by atoms with Gasteiger partial charge in [0.2, 0.25) is 5.89 Å². The van der Waals surface area contributed by atoms with Crippen molar-refractivity contribution in [1.82, 2.24) is 19.9 Å². The monoisotopic (exact) mass is 566 g/mol. The van der Waals surface area contributed by atoms with Crippen LogP contribution < -0.4 is 0 Å². The van der Waals surface area contributed by atoms with Crippen molar-refractivity contribution in [3.8, 4) is 0 Å². The fourth-order valence-electron chi connectivity index (χ4n) is 5.96. The van der Waals surface area contributed by atoms with E-state index in [1.807, 2.05) is 59.6 Å². The predicted molar refractivity (Wildman–Crippen MR) is 155 cm³/mol. The maximum Gasteiger partial charge on any atom is 0.410 e. The Labute approximate surface area is 243 Å². The maximum absolute atomic E-state index is 13.4. The van der Waals surface area contributed by atoms with Gasteiger partial charge in [0, 0.05) is 37.5 Å². The summed E-state index contributed by atoms with van der Waals surface area (Å²) in [7, 11) is 1.82. The smallest absolute Gasteiger partial charge is 0.410 e. The largest absolute Gasteiger partial charge is 0.444 e. The van der Waals surface area contributed by atoms with Crippen LogP contribution in [0.1, 0.15) is 116 Å². The van der Waals surface area contributed by atoms with Crippen LogP contribution >= 0.6 is 0 Å². The molecule has 3 saturated carbocycles. The molecule has 0 radical (unpaired) electrons. The van der Waals surface area contributed by atoms with E-state index in [2.05, 4.69) is 29.4 Å². The van der Waals surface area contributed by atoms with Crippen LogP contribution in [0.3, 0.4) is 0 Å². The van der Waals surface area contributed by atoms with Gasteiger partial charge in [-0.25, -0.2) is 9.59 Å². The van der Waals surface area contributed by atoms with Gasteiger partial charge in [-0.05, 0) is 92.1 Å². The first kappa shape index (κ1) is 29.4. The lowest BCUT2D eigenvalue weighted by atomic mass is 9.85. The molecule has 1 aromatic carbocycles. The van der Waals surface area contributed by atoms with Gasteiger partial charge in [-0.15, -0.1) is 0 Å². The predicted octanol–water partition coefficient (Wildman–Crippen LogP) is 6.79. The summed E-state index contributed by atoms with van der Waals surface area (Å²) in [5.74, 6) is 1.85. The first-order valence-corrected chi connectivity index (χ1v) is 15.1. The third kappa shape index (κ3) is 7.04. The molecule has 0 unspecified atom stereocenters. The summed E-state index contributed by atoms with van der Waals surface area (Å²) in [6.45, 7) is 11.9. The molecule has 5 rings (SSSR count). The molecule has 224 valence electrons. The van der Waals surface area contributed by atoms with Crippen molar-refractivity contribution in [2.75, 3.05) is 13.6 Å². The Morgan fingerprint density at radius 2 is 1.56 bits per heavy atom. The highest BCUT2D eigenvalue weighted by Gasteiger charge is 2.55. The van der Waals surface area contributed by atoms with Crippen molar-refractivity contribution in [3.05, 3.63) is 47.6 Å². The molecule has 2 aromatic rings. The summed E-state index contributed by atoms with van der Waals surface area (Å²) in [4.78, 5) is 34.5. The van der Waals surface area contributed by atoms with Gasteiger partial charge in [-0.1, -0.05) is 35.5 Å². The fraction of sp³-hybridized carbons (Fsp3) is 0.688. The van der Waals surface area contributed by atoms with Crippen molar-refractivity contribution < 1.29 is 23.6 Å². The van der Waals surface area contributed by atoms with Crippen LogP contribution in [0.4, 0.5) is 9.59 Å². The lowest BCUT2D eigenvalue weighted by Crippen LogP contribution is -2.43. The van der Waals surface area contributed by atoms with E-state index < -0.39 is 11.2 Å². The number of carbonyl (C=O) groups is 2. The topological polar surface area (TPSA) is 98.0 Å². The molecule has 0 aliphatic heterocycles. The lowest BCUT2D eigenvalue weighted by molar-refractivity contribution is 0.0176. The van der Waals surface area contributed by atoms with Crippen molar-refractivity contribution in [1.29, 1.82) is 0 Å². The Bertz CT molecular complexity index is 1220. The third-order valence-corrected chi connectivity index (χ3v) is 8.53. The zero-order valence-corrected chi connectivity index (χ0v) is 25.7. The van der Waals surface area contributed by atoms with Gasteiger partial charge < -0.3 is 23.8 Å². The van der Waals surface area contributed by atoms with Gasteiger partial charge in [0.1, 0.15) is 11.2 Å². The molecule has 3 aliphatic rings. The molecule has 1 heterocycles. The SMILES string of the molecule is CN(C(=O)OC(C)(C)C)[C@H]1CC[C@H](c2nc(C3(CN(C(=O)OC(C)(C)C)[C@@H]4C[C@H]4c4ccccc4)CC3)no2)CC1. The van der Waals surface area contributed by atoms with Crippen LogP contribution in [-0.4, -0.2) is 69.0 Å². The van der Waals surface area contributed by atoms with Gasteiger partial charge in [0.05, 0.1) is 5.41 Å². The second kappa shape index (κ2) is 11.0. The molecule has 0 bridgehead atoms. The summed E-state index contributed by atoms with van der Waals surface area (Å²) in [5.41, 5.74) is -0.122. The minimum atomic E-state index is -0.571. The number of amides is 2. The van der Waals surface area contributed by atoms with Crippen molar-refractivity contribution in [2.45, 2.75) is 127 Å². The number of rotatable bonds is 7.